The molecule has 0 saturated carbocycles. The van der Waals surface area contributed by atoms with Gasteiger partial charge in [0.15, 0.2) is 0 Å². The SMILES string of the molecule is CCCCC1=Cc2c(-c3c(C)ccc4ccccc34)cccc2C1C[SiH2]CC1C(CCCC)=Cc2c(-c3c(C)ccc4ccccc34)cccc21. The van der Waals surface area contributed by atoms with E-state index in [9.17, 15) is 0 Å². The van der Waals surface area contributed by atoms with Crippen LogP contribution in [0.3, 0.4) is 0 Å². The van der Waals surface area contributed by atoms with Crippen LogP contribution in [0, 0.1) is 13.8 Å². The Morgan fingerprint density at radius 1 is 0.490 bits per heavy atom. The third-order valence-corrected chi connectivity index (χ3v) is 14.0. The molecule has 0 bridgehead atoms. The highest BCUT2D eigenvalue weighted by Crippen LogP contribution is 2.49. The third kappa shape index (κ3) is 6.25. The van der Waals surface area contributed by atoms with Gasteiger partial charge in [0, 0.05) is 21.4 Å². The number of hydrogen-bond acceptors (Lipinski definition) is 0. The summed E-state index contributed by atoms with van der Waals surface area (Å²) in [6, 6.07) is 44.2. The first kappa shape index (κ1) is 33.7. The van der Waals surface area contributed by atoms with Gasteiger partial charge in [-0.3, -0.25) is 0 Å². The Morgan fingerprint density at radius 3 is 1.39 bits per heavy atom. The van der Waals surface area contributed by atoms with Gasteiger partial charge in [0.05, 0.1) is 0 Å². The predicted molar refractivity (Wildman–Crippen MR) is 227 cm³/mol. The Balaban J connectivity index is 1.12. The van der Waals surface area contributed by atoms with Crippen molar-refractivity contribution < 1.29 is 0 Å². The van der Waals surface area contributed by atoms with Gasteiger partial charge in [0.1, 0.15) is 0 Å². The quantitative estimate of drug-likeness (QED) is 0.113. The minimum Gasteiger partial charge on any atom is -0.0654 e. The lowest BCUT2D eigenvalue weighted by molar-refractivity contribution is 0.730. The summed E-state index contributed by atoms with van der Waals surface area (Å²) in [4.78, 5) is 0. The standard InChI is InChI=1S/C50H52Si/c1-5-7-15-37-29-45-41(21-13-23-43(45)49-33(3)25-27-35-17-9-11-19-39(35)49)47(37)31-51-32-48-38(16-8-6-2)30-46-42(48)22-14-24-44(46)50-34(4)26-28-36-18-10-12-20-40(36)50/h9-14,17-30,47-48H,5-8,15-16,31-32,51H2,1-4H3. The highest BCUT2D eigenvalue weighted by Gasteiger charge is 2.30. The first-order valence-electron chi connectivity index (χ1n) is 19.7. The van der Waals surface area contributed by atoms with Gasteiger partial charge in [-0.1, -0.05) is 171 Å². The van der Waals surface area contributed by atoms with E-state index in [0.717, 1.165) is 0 Å². The molecule has 0 fully saturated rings. The van der Waals surface area contributed by atoms with Crippen LogP contribution in [-0.2, 0) is 0 Å². The summed E-state index contributed by atoms with van der Waals surface area (Å²) in [5, 5.41) is 5.40. The Labute approximate surface area is 308 Å². The van der Waals surface area contributed by atoms with Crippen LogP contribution in [0.25, 0.3) is 56.0 Å². The molecule has 6 aromatic carbocycles. The highest BCUT2D eigenvalue weighted by atomic mass is 28.2. The molecule has 0 radical (unpaired) electrons. The minimum atomic E-state index is -0.351. The largest absolute Gasteiger partial charge is 0.0654 e. The fourth-order valence-electron chi connectivity index (χ4n) is 9.44. The van der Waals surface area contributed by atoms with Crippen molar-refractivity contribution in [2.45, 2.75) is 90.1 Å². The zero-order valence-electron chi connectivity index (χ0n) is 31.1. The van der Waals surface area contributed by atoms with E-state index in [4.69, 9.17) is 0 Å². The molecule has 256 valence electrons. The van der Waals surface area contributed by atoms with Gasteiger partial charge in [-0.2, -0.15) is 0 Å². The molecule has 0 aliphatic heterocycles. The number of fused-ring (bicyclic) bond motifs is 4. The lowest BCUT2D eigenvalue weighted by Crippen LogP contribution is -2.08. The molecule has 2 atom stereocenters. The van der Waals surface area contributed by atoms with E-state index in [0.29, 0.717) is 11.8 Å². The summed E-state index contributed by atoms with van der Waals surface area (Å²) in [5.74, 6) is 1.14. The molecule has 0 aromatic heterocycles. The topological polar surface area (TPSA) is 0 Å². The van der Waals surface area contributed by atoms with Crippen molar-refractivity contribution in [2.24, 2.45) is 0 Å². The average Bonchev–Trinajstić information content (AvgIpc) is 3.70. The van der Waals surface area contributed by atoms with E-state index in [1.807, 2.05) is 0 Å². The Hall–Kier alpha value is -4.46. The van der Waals surface area contributed by atoms with Crippen LogP contribution in [0.1, 0.15) is 97.6 Å². The van der Waals surface area contributed by atoms with Crippen LogP contribution < -0.4 is 0 Å². The van der Waals surface area contributed by atoms with Crippen LogP contribution in [0.2, 0.25) is 12.1 Å². The van der Waals surface area contributed by atoms with E-state index >= 15 is 0 Å². The summed E-state index contributed by atoms with van der Waals surface area (Å²) in [5.41, 5.74) is 17.9. The molecule has 0 saturated heterocycles. The number of rotatable bonds is 12. The van der Waals surface area contributed by atoms with Gasteiger partial charge in [-0.15, -0.1) is 0 Å². The first-order chi connectivity index (χ1) is 25.1. The van der Waals surface area contributed by atoms with Crippen molar-refractivity contribution in [2.75, 3.05) is 0 Å². The smallest absolute Gasteiger partial charge is 0.0218 e. The second-order valence-corrected chi connectivity index (χ2v) is 17.1. The maximum atomic E-state index is 2.62. The average molecular weight is 681 g/mol. The van der Waals surface area contributed by atoms with E-state index in [-0.39, 0.29) is 9.52 Å². The molecule has 2 aliphatic carbocycles. The Bertz CT molecular complexity index is 2140. The van der Waals surface area contributed by atoms with Gasteiger partial charge < -0.3 is 0 Å². The zero-order chi connectivity index (χ0) is 34.9. The maximum absolute atomic E-state index is 2.62. The van der Waals surface area contributed by atoms with Crippen LogP contribution in [-0.4, -0.2) is 9.52 Å². The fourth-order valence-corrected chi connectivity index (χ4v) is 11.9. The van der Waals surface area contributed by atoms with E-state index in [2.05, 4.69) is 149 Å². The molecule has 8 rings (SSSR count). The molecule has 0 spiro atoms. The molecule has 51 heavy (non-hydrogen) atoms. The number of allylic oxidation sites excluding steroid dienone is 2. The lowest BCUT2D eigenvalue weighted by atomic mass is 9.88. The molecule has 2 unspecified atom stereocenters. The van der Waals surface area contributed by atoms with Gasteiger partial charge in [0.25, 0.3) is 0 Å². The second-order valence-electron chi connectivity index (χ2n) is 15.3. The van der Waals surface area contributed by atoms with Gasteiger partial charge in [-0.05, 0) is 117 Å². The first-order valence-corrected chi connectivity index (χ1v) is 21.7. The normalized spacial score (nSPS) is 16.6. The van der Waals surface area contributed by atoms with Crippen molar-refractivity contribution in [3.63, 3.8) is 0 Å². The minimum absolute atomic E-state index is 0.351. The fraction of sp³-hybridized carbons (Fsp3) is 0.280. The van der Waals surface area contributed by atoms with E-state index in [1.165, 1.54) is 117 Å². The number of unbranched alkanes of at least 4 members (excludes halogenated alkanes) is 2. The summed E-state index contributed by atoms with van der Waals surface area (Å²) >= 11 is 0. The van der Waals surface area contributed by atoms with Crippen molar-refractivity contribution in [1.82, 2.24) is 0 Å². The van der Waals surface area contributed by atoms with Crippen molar-refractivity contribution in [1.29, 1.82) is 0 Å². The van der Waals surface area contributed by atoms with Crippen LogP contribution in [0.15, 0.2) is 120 Å². The summed E-state index contributed by atoms with van der Waals surface area (Å²) < 4.78 is 0. The van der Waals surface area contributed by atoms with Crippen LogP contribution in [0.4, 0.5) is 0 Å². The summed E-state index contributed by atoms with van der Waals surface area (Å²) in [7, 11) is -0.351. The lowest BCUT2D eigenvalue weighted by Gasteiger charge is -2.21. The molecule has 0 amide bonds. The number of aryl methyl sites for hydroxylation is 2. The molecule has 2 aliphatic rings. The predicted octanol–water partition coefficient (Wildman–Crippen LogP) is 14.0. The highest BCUT2D eigenvalue weighted by molar-refractivity contribution is 6.36. The van der Waals surface area contributed by atoms with Gasteiger partial charge in [0.2, 0.25) is 0 Å². The number of benzene rings is 6. The third-order valence-electron chi connectivity index (χ3n) is 12.0. The van der Waals surface area contributed by atoms with Crippen molar-refractivity contribution in [3.8, 4) is 22.3 Å². The monoisotopic (exact) mass is 680 g/mol. The molecular weight excluding hydrogens is 629 g/mol. The second kappa shape index (κ2) is 14.6. The number of hydrogen-bond donors (Lipinski definition) is 0. The van der Waals surface area contributed by atoms with Gasteiger partial charge >= 0.3 is 0 Å². The van der Waals surface area contributed by atoms with Gasteiger partial charge in [-0.25, -0.2) is 0 Å². The van der Waals surface area contributed by atoms with E-state index in [1.54, 1.807) is 22.3 Å². The summed E-state index contributed by atoms with van der Waals surface area (Å²) in [6.07, 6.45) is 12.7. The van der Waals surface area contributed by atoms with Crippen LogP contribution >= 0.6 is 0 Å². The van der Waals surface area contributed by atoms with E-state index < -0.39 is 0 Å². The molecule has 6 aromatic rings. The molecule has 0 nitrogen and oxygen atoms in total. The van der Waals surface area contributed by atoms with Crippen LogP contribution in [0.5, 0.6) is 0 Å². The zero-order valence-corrected chi connectivity index (χ0v) is 32.5. The maximum Gasteiger partial charge on any atom is 0.0218 e. The summed E-state index contributed by atoms with van der Waals surface area (Å²) in [6.45, 7) is 9.26. The molecule has 0 heterocycles. The molecule has 0 N–H and O–H groups in total. The molecule has 1 heteroatoms. The van der Waals surface area contributed by atoms with Crippen molar-refractivity contribution in [3.05, 3.63) is 154 Å². The Morgan fingerprint density at radius 2 is 0.941 bits per heavy atom. The molecular formula is C50H52Si. The Kier molecular flexibility index (Phi) is 9.67. The van der Waals surface area contributed by atoms with Crippen molar-refractivity contribution >= 4 is 43.2 Å².